The molecule has 19 heavy (non-hydrogen) atoms. The van der Waals surface area contributed by atoms with E-state index in [0.29, 0.717) is 18.8 Å². The topological polar surface area (TPSA) is 68.0 Å². The highest BCUT2D eigenvalue weighted by Crippen LogP contribution is 2.26. The van der Waals surface area contributed by atoms with E-state index in [9.17, 15) is 4.79 Å². The van der Waals surface area contributed by atoms with Crippen LogP contribution in [0, 0.1) is 6.92 Å². The molecule has 1 amide bonds. The Bertz CT molecular complexity index is 556. The minimum Gasteiger partial charge on any atom is -0.349 e. The molecule has 0 aliphatic carbocycles. The molecule has 2 rings (SSSR count). The second-order valence-electron chi connectivity index (χ2n) is 3.90. The maximum Gasteiger partial charge on any atom is 0.270 e. The fourth-order valence-corrected chi connectivity index (χ4v) is 2.48. The standard InChI is InChI=1S/C13H15N3OS.ClH/c1-9-4-2-3-5-10(9)13-16-11(8-18-13)12(17)15-7-6-14;/h2-5,8H,6-7,14H2,1H3,(H,15,17);1H. The predicted octanol–water partition coefficient (Wildman–Crippen LogP) is 2.23. The van der Waals surface area contributed by atoms with Gasteiger partial charge in [0.15, 0.2) is 0 Å². The van der Waals surface area contributed by atoms with Crippen molar-refractivity contribution in [3.8, 4) is 10.6 Å². The van der Waals surface area contributed by atoms with E-state index in [1.807, 2.05) is 31.2 Å². The zero-order chi connectivity index (χ0) is 13.0. The molecule has 102 valence electrons. The molecule has 0 spiro atoms. The summed E-state index contributed by atoms with van der Waals surface area (Å²) >= 11 is 1.48. The van der Waals surface area contributed by atoms with Gasteiger partial charge in [-0.3, -0.25) is 4.79 Å². The Morgan fingerprint density at radius 1 is 1.42 bits per heavy atom. The molecule has 0 saturated carbocycles. The summed E-state index contributed by atoms with van der Waals surface area (Å²) in [4.78, 5) is 16.1. The number of hydrogen-bond acceptors (Lipinski definition) is 4. The maximum atomic E-state index is 11.7. The van der Waals surface area contributed by atoms with Gasteiger partial charge in [-0.2, -0.15) is 0 Å². The number of aryl methyl sites for hydroxylation is 1. The summed E-state index contributed by atoms with van der Waals surface area (Å²) < 4.78 is 0. The van der Waals surface area contributed by atoms with Crippen molar-refractivity contribution in [2.75, 3.05) is 13.1 Å². The Balaban J connectivity index is 0.00000180. The number of nitrogens with zero attached hydrogens (tertiary/aromatic N) is 1. The van der Waals surface area contributed by atoms with E-state index in [1.54, 1.807) is 5.38 Å². The molecule has 0 saturated heterocycles. The summed E-state index contributed by atoms with van der Waals surface area (Å²) in [5, 5.41) is 5.35. The van der Waals surface area contributed by atoms with Crippen molar-refractivity contribution in [1.29, 1.82) is 0 Å². The highest BCUT2D eigenvalue weighted by Gasteiger charge is 2.11. The normalized spacial score (nSPS) is 9.79. The summed E-state index contributed by atoms with van der Waals surface area (Å²) in [6.45, 7) is 2.93. The molecular weight excluding hydrogens is 282 g/mol. The zero-order valence-electron chi connectivity index (χ0n) is 10.6. The Kier molecular flexibility index (Phi) is 5.95. The van der Waals surface area contributed by atoms with Crippen molar-refractivity contribution >= 4 is 29.7 Å². The number of amides is 1. The van der Waals surface area contributed by atoms with Crippen LogP contribution in [0.3, 0.4) is 0 Å². The summed E-state index contributed by atoms with van der Waals surface area (Å²) in [6.07, 6.45) is 0. The third-order valence-corrected chi connectivity index (χ3v) is 3.42. The van der Waals surface area contributed by atoms with E-state index in [2.05, 4.69) is 10.3 Å². The Hall–Kier alpha value is -1.43. The van der Waals surface area contributed by atoms with Crippen LogP contribution >= 0.6 is 23.7 Å². The van der Waals surface area contributed by atoms with E-state index >= 15 is 0 Å². The molecule has 0 bridgehead atoms. The number of nitrogens with one attached hydrogen (secondary N) is 1. The molecule has 0 aliphatic rings. The number of hydrogen-bond donors (Lipinski definition) is 2. The van der Waals surface area contributed by atoms with Crippen molar-refractivity contribution in [2.45, 2.75) is 6.92 Å². The van der Waals surface area contributed by atoms with Gasteiger partial charge in [-0.25, -0.2) is 4.98 Å². The SMILES string of the molecule is Cc1ccccc1-c1nc(C(=O)NCCN)cs1.Cl. The highest BCUT2D eigenvalue weighted by atomic mass is 35.5. The molecule has 1 aromatic heterocycles. The molecule has 0 radical (unpaired) electrons. The van der Waals surface area contributed by atoms with E-state index < -0.39 is 0 Å². The van der Waals surface area contributed by atoms with Crippen LogP contribution in [0.1, 0.15) is 16.1 Å². The molecule has 3 N–H and O–H groups in total. The van der Waals surface area contributed by atoms with Crippen LogP contribution in [0.15, 0.2) is 29.6 Å². The monoisotopic (exact) mass is 297 g/mol. The third-order valence-electron chi connectivity index (χ3n) is 2.54. The number of halogens is 1. The lowest BCUT2D eigenvalue weighted by molar-refractivity contribution is 0.0950. The van der Waals surface area contributed by atoms with Crippen LogP contribution in [-0.4, -0.2) is 24.0 Å². The molecule has 0 atom stereocenters. The van der Waals surface area contributed by atoms with Crippen LogP contribution in [-0.2, 0) is 0 Å². The fraction of sp³-hybridized carbons (Fsp3) is 0.231. The van der Waals surface area contributed by atoms with Crippen molar-refractivity contribution in [3.63, 3.8) is 0 Å². The van der Waals surface area contributed by atoms with Crippen LogP contribution in [0.5, 0.6) is 0 Å². The Labute approximate surface area is 122 Å². The fourth-order valence-electron chi connectivity index (χ4n) is 1.59. The van der Waals surface area contributed by atoms with Gasteiger partial charge in [-0.15, -0.1) is 23.7 Å². The number of aromatic nitrogens is 1. The maximum absolute atomic E-state index is 11.7. The minimum absolute atomic E-state index is 0. The zero-order valence-corrected chi connectivity index (χ0v) is 12.2. The van der Waals surface area contributed by atoms with Gasteiger partial charge in [0, 0.05) is 24.0 Å². The van der Waals surface area contributed by atoms with Crippen molar-refractivity contribution in [2.24, 2.45) is 5.73 Å². The molecule has 0 fully saturated rings. The van der Waals surface area contributed by atoms with Gasteiger partial charge in [0.2, 0.25) is 0 Å². The number of carbonyl (C=O) groups is 1. The lowest BCUT2D eigenvalue weighted by Gasteiger charge is -2.01. The molecule has 6 heteroatoms. The first-order chi connectivity index (χ1) is 8.72. The Morgan fingerprint density at radius 3 is 2.84 bits per heavy atom. The van der Waals surface area contributed by atoms with Gasteiger partial charge in [0.25, 0.3) is 5.91 Å². The van der Waals surface area contributed by atoms with Crippen molar-refractivity contribution in [3.05, 3.63) is 40.9 Å². The summed E-state index contributed by atoms with van der Waals surface area (Å²) in [5.41, 5.74) is 8.01. The molecular formula is C13H16ClN3OS. The van der Waals surface area contributed by atoms with Crippen LogP contribution in [0.2, 0.25) is 0 Å². The first-order valence-electron chi connectivity index (χ1n) is 5.72. The van der Waals surface area contributed by atoms with Gasteiger partial charge in [-0.05, 0) is 12.5 Å². The smallest absolute Gasteiger partial charge is 0.270 e. The molecule has 1 heterocycles. The second kappa shape index (κ2) is 7.23. The number of thiazole rings is 1. The molecule has 2 aromatic rings. The summed E-state index contributed by atoms with van der Waals surface area (Å²) in [6, 6.07) is 8.00. The molecule has 0 aliphatic heterocycles. The number of carbonyl (C=O) groups excluding carboxylic acids is 1. The van der Waals surface area contributed by atoms with Gasteiger partial charge >= 0.3 is 0 Å². The quantitative estimate of drug-likeness (QED) is 0.909. The minimum atomic E-state index is -0.170. The number of benzene rings is 1. The van der Waals surface area contributed by atoms with E-state index in [1.165, 1.54) is 11.3 Å². The predicted molar refractivity (Wildman–Crippen MR) is 80.9 cm³/mol. The summed E-state index contributed by atoms with van der Waals surface area (Å²) in [7, 11) is 0. The second-order valence-corrected chi connectivity index (χ2v) is 4.76. The van der Waals surface area contributed by atoms with Gasteiger partial charge in [0.1, 0.15) is 10.7 Å². The van der Waals surface area contributed by atoms with Gasteiger partial charge in [0.05, 0.1) is 0 Å². The molecule has 4 nitrogen and oxygen atoms in total. The average Bonchev–Trinajstić information content (AvgIpc) is 2.86. The summed E-state index contributed by atoms with van der Waals surface area (Å²) in [5.74, 6) is -0.170. The largest absolute Gasteiger partial charge is 0.349 e. The highest BCUT2D eigenvalue weighted by molar-refractivity contribution is 7.13. The molecule has 0 unspecified atom stereocenters. The molecule has 1 aromatic carbocycles. The third kappa shape index (κ3) is 3.76. The van der Waals surface area contributed by atoms with E-state index in [-0.39, 0.29) is 18.3 Å². The van der Waals surface area contributed by atoms with Crippen LogP contribution < -0.4 is 11.1 Å². The number of rotatable bonds is 4. The van der Waals surface area contributed by atoms with Crippen LogP contribution in [0.4, 0.5) is 0 Å². The lowest BCUT2D eigenvalue weighted by Crippen LogP contribution is -2.29. The lowest BCUT2D eigenvalue weighted by atomic mass is 10.1. The van der Waals surface area contributed by atoms with E-state index in [0.717, 1.165) is 16.1 Å². The first kappa shape index (κ1) is 15.6. The first-order valence-corrected chi connectivity index (χ1v) is 6.60. The van der Waals surface area contributed by atoms with Crippen molar-refractivity contribution < 1.29 is 4.79 Å². The average molecular weight is 298 g/mol. The van der Waals surface area contributed by atoms with Crippen LogP contribution in [0.25, 0.3) is 10.6 Å². The van der Waals surface area contributed by atoms with Crippen molar-refractivity contribution in [1.82, 2.24) is 10.3 Å². The Morgan fingerprint density at radius 2 is 2.16 bits per heavy atom. The number of nitrogens with two attached hydrogens (primary N) is 1. The van der Waals surface area contributed by atoms with E-state index in [4.69, 9.17) is 5.73 Å². The van der Waals surface area contributed by atoms with Gasteiger partial charge < -0.3 is 11.1 Å². The van der Waals surface area contributed by atoms with Gasteiger partial charge in [-0.1, -0.05) is 24.3 Å².